The Bertz CT molecular complexity index is 190. The molecule has 2 bridgehead atoms. The maximum Gasteiger partial charge on any atom is 0.183 e. The van der Waals surface area contributed by atoms with Crippen LogP contribution in [0.1, 0.15) is 39.5 Å². The van der Waals surface area contributed by atoms with Gasteiger partial charge in [-0.1, -0.05) is 6.92 Å². The van der Waals surface area contributed by atoms with E-state index in [1.165, 1.54) is 0 Å². The molecule has 1 N–H and O–H groups in total. The summed E-state index contributed by atoms with van der Waals surface area (Å²) in [5, 5.41) is 9.89. The first-order valence-electron chi connectivity index (χ1n) is 5.54. The minimum atomic E-state index is -0.739. The number of fused-ring (bicyclic) bond motifs is 3. The fourth-order valence-electron chi connectivity index (χ4n) is 2.51. The molecule has 3 fully saturated rings. The summed E-state index contributed by atoms with van der Waals surface area (Å²) in [5.74, 6) is 0. The predicted molar refractivity (Wildman–Crippen MR) is 52.9 cm³/mol. The van der Waals surface area contributed by atoms with Crippen molar-refractivity contribution in [3.05, 3.63) is 0 Å². The van der Waals surface area contributed by atoms with Crippen LogP contribution in [0.5, 0.6) is 0 Å². The van der Waals surface area contributed by atoms with E-state index >= 15 is 0 Å². The molecule has 3 rings (SSSR count). The normalized spacial score (nSPS) is 43.9. The van der Waals surface area contributed by atoms with Gasteiger partial charge in [0.05, 0.1) is 6.61 Å². The molecule has 2 saturated heterocycles. The molecule has 2 heterocycles. The third-order valence-electron chi connectivity index (χ3n) is 3.79. The van der Waals surface area contributed by atoms with Crippen molar-refractivity contribution in [3.63, 3.8) is 0 Å². The Balaban J connectivity index is 2.04. The number of hydrogen-bond donors (Lipinski definition) is 1. The zero-order chi connectivity index (χ0) is 10.2. The molecule has 3 heteroatoms. The molecule has 0 spiro atoms. The lowest BCUT2D eigenvalue weighted by atomic mass is 9.67. The van der Waals surface area contributed by atoms with Gasteiger partial charge in [-0.25, -0.2) is 0 Å². The van der Waals surface area contributed by atoms with Gasteiger partial charge in [0.25, 0.3) is 0 Å². The number of ether oxygens (including phenoxy) is 2. The van der Waals surface area contributed by atoms with E-state index in [4.69, 9.17) is 9.47 Å². The van der Waals surface area contributed by atoms with Gasteiger partial charge in [0.1, 0.15) is 5.60 Å². The fraction of sp³-hybridized carbons (Fsp3) is 1.00. The van der Waals surface area contributed by atoms with E-state index in [0.29, 0.717) is 12.0 Å². The molecule has 0 aromatic heterocycles. The van der Waals surface area contributed by atoms with Crippen LogP contribution in [0.2, 0.25) is 0 Å². The third-order valence-corrected chi connectivity index (χ3v) is 3.79. The van der Waals surface area contributed by atoms with Crippen LogP contribution >= 0.6 is 0 Å². The van der Waals surface area contributed by atoms with Crippen LogP contribution in [0.25, 0.3) is 0 Å². The first-order valence-corrected chi connectivity index (χ1v) is 5.54. The second kappa shape index (κ2) is 3.47. The molecule has 82 valence electrons. The maximum absolute atomic E-state index is 9.89. The number of aliphatic hydroxyl groups is 1. The molecule has 0 amide bonds. The van der Waals surface area contributed by atoms with Crippen LogP contribution in [-0.4, -0.2) is 30.2 Å². The highest BCUT2D eigenvalue weighted by atomic mass is 16.6. The van der Waals surface area contributed by atoms with Crippen LogP contribution < -0.4 is 0 Å². The molecule has 3 aliphatic rings. The standard InChI is InChI=1S/C11H20O3/c1-3-13-9(12)11-6-4-10(2,5-7-11)8-14-11/h9,12H,3-8H2,1-2H3. The predicted octanol–water partition coefficient (Wildman–Crippen LogP) is 1.69. The Kier molecular flexibility index (Phi) is 2.58. The van der Waals surface area contributed by atoms with Gasteiger partial charge in [0.2, 0.25) is 0 Å². The van der Waals surface area contributed by atoms with Crippen LogP contribution in [0.3, 0.4) is 0 Å². The topological polar surface area (TPSA) is 38.7 Å². The first kappa shape index (κ1) is 10.4. The zero-order valence-electron chi connectivity index (χ0n) is 9.08. The number of rotatable bonds is 3. The van der Waals surface area contributed by atoms with Gasteiger partial charge in [0.15, 0.2) is 6.29 Å². The molecule has 3 nitrogen and oxygen atoms in total. The lowest BCUT2D eigenvalue weighted by molar-refractivity contribution is -0.285. The molecule has 1 saturated carbocycles. The van der Waals surface area contributed by atoms with Gasteiger partial charge in [0, 0.05) is 6.61 Å². The lowest BCUT2D eigenvalue weighted by Crippen LogP contribution is -2.57. The molecule has 0 aromatic rings. The van der Waals surface area contributed by atoms with E-state index in [1.807, 2.05) is 6.92 Å². The first-order chi connectivity index (χ1) is 6.60. The fourth-order valence-corrected chi connectivity index (χ4v) is 2.51. The Morgan fingerprint density at radius 3 is 2.43 bits per heavy atom. The van der Waals surface area contributed by atoms with E-state index in [2.05, 4.69) is 6.92 Å². The van der Waals surface area contributed by atoms with Crippen LogP contribution in [0.4, 0.5) is 0 Å². The Morgan fingerprint density at radius 1 is 1.36 bits per heavy atom. The van der Waals surface area contributed by atoms with Crippen molar-refractivity contribution in [1.82, 2.24) is 0 Å². The Morgan fingerprint density at radius 2 is 2.00 bits per heavy atom. The summed E-state index contributed by atoms with van der Waals surface area (Å²) in [6, 6.07) is 0. The minimum Gasteiger partial charge on any atom is -0.369 e. The van der Waals surface area contributed by atoms with E-state index < -0.39 is 11.9 Å². The Labute approximate surface area is 85.4 Å². The van der Waals surface area contributed by atoms with Gasteiger partial charge < -0.3 is 14.6 Å². The Hall–Kier alpha value is -0.120. The zero-order valence-corrected chi connectivity index (χ0v) is 9.08. The molecule has 2 aliphatic heterocycles. The van der Waals surface area contributed by atoms with E-state index in [0.717, 1.165) is 32.3 Å². The highest BCUT2D eigenvalue weighted by Gasteiger charge is 2.51. The highest BCUT2D eigenvalue weighted by Crippen LogP contribution is 2.49. The van der Waals surface area contributed by atoms with Crippen molar-refractivity contribution in [2.24, 2.45) is 5.41 Å². The summed E-state index contributed by atoms with van der Waals surface area (Å²) in [6.07, 6.45) is 3.43. The van der Waals surface area contributed by atoms with Crippen LogP contribution in [-0.2, 0) is 9.47 Å². The molecular formula is C11H20O3. The second-order valence-electron chi connectivity index (χ2n) is 4.97. The van der Waals surface area contributed by atoms with Crippen molar-refractivity contribution in [2.75, 3.05) is 13.2 Å². The number of aliphatic hydroxyl groups excluding tert-OH is 1. The second-order valence-corrected chi connectivity index (χ2v) is 4.97. The highest BCUT2D eigenvalue weighted by molar-refractivity contribution is 4.99. The SMILES string of the molecule is CCOC(O)C12CCC(C)(CC1)CO2. The maximum atomic E-state index is 9.89. The van der Waals surface area contributed by atoms with Crippen molar-refractivity contribution < 1.29 is 14.6 Å². The van der Waals surface area contributed by atoms with Crippen molar-refractivity contribution >= 4 is 0 Å². The van der Waals surface area contributed by atoms with Crippen molar-refractivity contribution in [1.29, 1.82) is 0 Å². The van der Waals surface area contributed by atoms with E-state index in [9.17, 15) is 5.11 Å². The molecule has 14 heavy (non-hydrogen) atoms. The van der Waals surface area contributed by atoms with Crippen LogP contribution in [0, 0.1) is 5.41 Å². The summed E-state index contributed by atoms with van der Waals surface area (Å²) in [7, 11) is 0. The molecule has 0 radical (unpaired) electrons. The smallest absolute Gasteiger partial charge is 0.183 e. The molecular weight excluding hydrogens is 180 g/mol. The molecule has 0 aromatic carbocycles. The number of hydrogen-bond acceptors (Lipinski definition) is 3. The summed E-state index contributed by atoms with van der Waals surface area (Å²) >= 11 is 0. The van der Waals surface area contributed by atoms with Crippen molar-refractivity contribution in [3.8, 4) is 0 Å². The van der Waals surface area contributed by atoms with Crippen molar-refractivity contribution in [2.45, 2.75) is 51.4 Å². The quantitative estimate of drug-likeness (QED) is 0.705. The summed E-state index contributed by atoms with van der Waals surface area (Å²) in [5.41, 5.74) is -0.0402. The summed E-state index contributed by atoms with van der Waals surface area (Å²) in [4.78, 5) is 0. The monoisotopic (exact) mass is 200 g/mol. The summed E-state index contributed by atoms with van der Waals surface area (Å²) < 4.78 is 11.1. The van der Waals surface area contributed by atoms with Gasteiger partial charge in [-0.15, -0.1) is 0 Å². The molecule has 1 atom stereocenters. The van der Waals surface area contributed by atoms with Gasteiger partial charge in [-0.3, -0.25) is 0 Å². The van der Waals surface area contributed by atoms with Gasteiger partial charge in [-0.05, 0) is 38.0 Å². The van der Waals surface area contributed by atoms with E-state index in [1.54, 1.807) is 0 Å². The average molecular weight is 200 g/mol. The summed E-state index contributed by atoms with van der Waals surface area (Å²) in [6.45, 7) is 5.49. The lowest BCUT2D eigenvalue weighted by Gasteiger charge is -2.53. The average Bonchev–Trinajstić information content (AvgIpc) is 2.20. The molecule has 1 unspecified atom stereocenters. The van der Waals surface area contributed by atoms with Gasteiger partial charge in [-0.2, -0.15) is 0 Å². The van der Waals surface area contributed by atoms with Crippen LogP contribution in [0.15, 0.2) is 0 Å². The van der Waals surface area contributed by atoms with E-state index in [-0.39, 0.29) is 0 Å². The largest absolute Gasteiger partial charge is 0.369 e. The third kappa shape index (κ3) is 1.58. The molecule has 1 aliphatic carbocycles. The van der Waals surface area contributed by atoms with Gasteiger partial charge >= 0.3 is 0 Å². The minimum absolute atomic E-state index is 0.355.